The average molecular weight is 386 g/mol. The number of halogens is 1. The molecule has 0 bridgehead atoms. The van der Waals surface area contributed by atoms with Gasteiger partial charge in [-0.2, -0.15) is 0 Å². The first kappa shape index (κ1) is 18.2. The van der Waals surface area contributed by atoms with Gasteiger partial charge in [0.05, 0.1) is 16.7 Å². The van der Waals surface area contributed by atoms with Crippen LogP contribution in [0.4, 0.5) is 5.69 Å². The fourth-order valence-corrected chi connectivity index (χ4v) is 3.40. The van der Waals surface area contributed by atoms with Gasteiger partial charge in [-0.05, 0) is 30.3 Å². The third-order valence-electron chi connectivity index (χ3n) is 3.58. The molecule has 1 amide bonds. The fourth-order valence-electron chi connectivity index (χ4n) is 2.42. The number of allylic oxidation sites excluding steroid dienone is 1. The van der Waals surface area contributed by atoms with E-state index in [1.165, 1.54) is 16.3 Å². The molecule has 0 fully saturated rings. The number of thioether (sulfide) groups is 1. The van der Waals surface area contributed by atoms with Gasteiger partial charge in [0.1, 0.15) is 0 Å². The maximum atomic E-state index is 12.7. The number of aromatic nitrogens is 2. The van der Waals surface area contributed by atoms with Crippen molar-refractivity contribution in [1.82, 2.24) is 9.55 Å². The van der Waals surface area contributed by atoms with E-state index in [2.05, 4.69) is 16.9 Å². The van der Waals surface area contributed by atoms with Crippen LogP contribution in [0.2, 0.25) is 5.02 Å². The minimum Gasteiger partial charge on any atom is -0.325 e. The summed E-state index contributed by atoms with van der Waals surface area (Å²) in [7, 11) is 0. The van der Waals surface area contributed by atoms with E-state index in [4.69, 9.17) is 11.6 Å². The van der Waals surface area contributed by atoms with Crippen LogP contribution in [0.5, 0.6) is 0 Å². The van der Waals surface area contributed by atoms with E-state index in [1.807, 2.05) is 30.3 Å². The van der Waals surface area contributed by atoms with Gasteiger partial charge < -0.3 is 5.32 Å². The third-order valence-corrected chi connectivity index (χ3v) is 4.80. The molecule has 132 valence electrons. The molecule has 1 heterocycles. The van der Waals surface area contributed by atoms with Crippen LogP contribution in [0.1, 0.15) is 0 Å². The molecule has 3 aromatic rings. The third kappa shape index (κ3) is 4.15. The predicted octanol–water partition coefficient (Wildman–Crippen LogP) is 3.97. The summed E-state index contributed by atoms with van der Waals surface area (Å²) in [5, 5.41) is 4.24. The van der Waals surface area contributed by atoms with Gasteiger partial charge >= 0.3 is 0 Å². The van der Waals surface area contributed by atoms with Crippen LogP contribution < -0.4 is 10.9 Å². The zero-order valence-electron chi connectivity index (χ0n) is 13.8. The molecule has 7 heteroatoms. The summed E-state index contributed by atoms with van der Waals surface area (Å²) >= 11 is 7.20. The molecular weight excluding hydrogens is 370 g/mol. The molecule has 3 rings (SSSR count). The Hall–Kier alpha value is -2.57. The van der Waals surface area contributed by atoms with E-state index < -0.39 is 0 Å². The second kappa shape index (κ2) is 8.21. The Morgan fingerprint density at radius 3 is 2.77 bits per heavy atom. The van der Waals surface area contributed by atoms with Crippen LogP contribution in [0.3, 0.4) is 0 Å². The highest BCUT2D eigenvalue weighted by Gasteiger charge is 2.13. The van der Waals surface area contributed by atoms with Crippen LogP contribution in [0, 0.1) is 0 Å². The van der Waals surface area contributed by atoms with Gasteiger partial charge in [0.15, 0.2) is 5.16 Å². The Balaban J connectivity index is 1.86. The predicted molar refractivity (Wildman–Crippen MR) is 107 cm³/mol. The summed E-state index contributed by atoms with van der Waals surface area (Å²) in [6.07, 6.45) is 1.62. The fraction of sp³-hybridized carbons (Fsp3) is 0.105. The van der Waals surface area contributed by atoms with E-state index >= 15 is 0 Å². The molecule has 0 saturated carbocycles. The summed E-state index contributed by atoms with van der Waals surface area (Å²) in [5.41, 5.74) is 1.05. The maximum Gasteiger partial charge on any atom is 0.262 e. The number of amides is 1. The van der Waals surface area contributed by atoms with Gasteiger partial charge in [-0.25, -0.2) is 4.98 Å². The summed E-state index contributed by atoms with van der Waals surface area (Å²) in [5.74, 6) is -0.0448. The molecule has 0 radical (unpaired) electrons. The minimum atomic E-state index is -0.183. The molecule has 1 N–H and O–H groups in total. The highest BCUT2D eigenvalue weighted by Crippen LogP contribution is 2.21. The van der Waals surface area contributed by atoms with E-state index in [0.29, 0.717) is 27.6 Å². The van der Waals surface area contributed by atoms with Crippen molar-refractivity contribution in [3.63, 3.8) is 0 Å². The lowest BCUT2D eigenvalue weighted by Crippen LogP contribution is -2.23. The number of hydrogen-bond donors (Lipinski definition) is 1. The lowest BCUT2D eigenvalue weighted by molar-refractivity contribution is -0.113. The molecular formula is C19H16ClN3O2S. The molecule has 0 aliphatic rings. The SMILES string of the molecule is C=CCn1c(SCC(=O)Nc2ccccc2)nc2cc(Cl)ccc2c1=O. The topological polar surface area (TPSA) is 64.0 Å². The average Bonchev–Trinajstić information content (AvgIpc) is 2.63. The van der Waals surface area contributed by atoms with Crippen LogP contribution >= 0.6 is 23.4 Å². The minimum absolute atomic E-state index is 0.130. The van der Waals surface area contributed by atoms with Crippen molar-refractivity contribution < 1.29 is 4.79 Å². The molecule has 0 unspecified atom stereocenters. The van der Waals surface area contributed by atoms with Crippen molar-refractivity contribution in [2.75, 3.05) is 11.1 Å². The number of anilines is 1. The zero-order valence-corrected chi connectivity index (χ0v) is 15.4. The Labute approximate surface area is 159 Å². The Bertz CT molecular complexity index is 1020. The molecule has 0 atom stereocenters. The molecule has 0 aliphatic carbocycles. The second-order valence-electron chi connectivity index (χ2n) is 5.46. The molecule has 0 saturated heterocycles. The van der Waals surface area contributed by atoms with Gasteiger partial charge in [0.2, 0.25) is 5.91 Å². The molecule has 0 spiro atoms. The number of para-hydroxylation sites is 1. The summed E-state index contributed by atoms with van der Waals surface area (Å²) in [6, 6.07) is 14.2. The van der Waals surface area contributed by atoms with Gasteiger partial charge in [0.25, 0.3) is 5.56 Å². The standard InChI is InChI=1S/C19H16ClN3O2S/c1-2-10-23-18(25)15-9-8-13(20)11-16(15)22-19(23)26-12-17(24)21-14-6-4-3-5-7-14/h2-9,11H,1,10,12H2,(H,21,24). The maximum absolute atomic E-state index is 12.7. The normalized spacial score (nSPS) is 10.7. The number of benzene rings is 2. The first-order chi connectivity index (χ1) is 12.6. The number of fused-ring (bicyclic) bond motifs is 1. The molecule has 2 aromatic carbocycles. The van der Waals surface area contributed by atoms with Crippen LogP contribution in [-0.2, 0) is 11.3 Å². The van der Waals surface area contributed by atoms with Crippen molar-refractivity contribution in [2.24, 2.45) is 0 Å². The van der Waals surface area contributed by atoms with Gasteiger partial charge in [-0.15, -0.1) is 6.58 Å². The van der Waals surface area contributed by atoms with Crippen LogP contribution in [-0.4, -0.2) is 21.2 Å². The summed E-state index contributed by atoms with van der Waals surface area (Å²) in [6.45, 7) is 4.00. The van der Waals surface area contributed by atoms with Crippen molar-refractivity contribution in [3.05, 3.63) is 76.6 Å². The largest absolute Gasteiger partial charge is 0.325 e. The summed E-state index contributed by atoms with van der Waals surface area (Å²) in [4.78, 5) is 29.4. The van der Waals surface area contributed by atoms with E-state index in [9.17, 15) is 9.59 Å². The van der Waals surface area contributed by atoms with E-state index in [0.717, 1.165) is 5.69 Å². The number of nitrogens with one attached hydrogen (secondary N) is 1. The Morgan fingerprint density at radius 1 is 1.27 bits per heavy atom. The van der Waals surface area contributed by atoms with Crippen molar-refractivity contribution in [2.45, 2.75) is 11.7 Å². The highest BCUT2D eigenvalue weighted by atomic mass is 35.5. The van der Waals surface area contributed by atoms with Gasteiger partial charge in [-0.1, -0.05) is 47.6 Å². The Morgan fingerprint density at radius 2 is 2.04 bits per heavy atom. The van der Waals surface area contributed by atoms with Crippen LogP contribution in [0.15, 0.2) is 71.1 Å². The first-order valence-corrected chi connectivity index (χ1v) is 9.23. The molecule has 1 aromatic heterocycles. The molecule has 0 aliphatic heterocycles. The quantitative estimate of drug-likeness (QED) is 0.396. The van der Waals surface area contributed by atoms with Crippen molar-refractivity contribution in [1.29, 1.82) is 0 Å². The molecule has 5 nitrogen and oxygen atoms in total. The monoisotopic (exact) mass is 385 g/mol. The number of hydrogen-bond acceptors (Lipinski definition) is 4. The van der Waals surface area contributed by atoms with Crippen molar-refractivity contribution in [3.8, 4) is 0 Å². The second-order valence-corrected chi connectivity index (χ2v) is 6.84. The first-order valence-electron chi connectivity index (χ1n) is 7.87. The zero-order chi connectivity index (χ0) is 18.5. The van der Waals surface area contributed by atoms with E-state index in [-0.39, 0.29) is 17.2 Å². The number of carbonyl (C=O) groups excluding carboxylic acids is 1. The summed E-state index contributed by atoms with van der Waals surface area (Å²) < 4.78 is 1.50. The van der Waals surface area contributed by atoms with Crippen molar-refractivity contribution >= 4 is 45.9 Å². The Kier molecular flexibility index (Phi) is 5.75. The van der Waals surface area contributed by atoms with Gasteiger partial charge in [-0.3, -0.25) is 14.2 Å². The van der Waals surface area contributed by atoms with Crippen LogP contribution in [0.25, 0.3) is 10.9 Å². The number of carbonyl (C=O) groups is 1. The smallest absolute Gasteiger partial charge is 0.262 e. The number of nitrogens with zero attached hydrogens (tertiary/aromatic N) is 2. The highest BCUT2D eigenvalue weighted by molar-refractivity contribution is 7.99. The lowest BCUT2D eigenvalue weighted by Gasteiger charge is -2.11. The van der Waals surface area contributed by atoms with E-state index in [1.54, 1.807) is 24.3 Å². The number of rotatable bonds is 6. The van der Waals surface area contributed by atoms with Gasteiger partial charge in [0, 0.05) is 17.3 Å². The molecule has 26 heavy (non-hydrogen) atoms. The lowest BCUT2D eigenvalue weighted by atomic mass is 10.2.